The van der Waals surface area contributed by atoms with Crippen molar-refractivity contribution in [1.82, 2.24) is 5.32 Å². The van der Waals surface area contributed by atoms with Crippen LogP contribution in [0.4, 0.5) is 0 Å². The van der Waals surface area contributed by atoms with Gasteiger partial charge in [0, 0.05) is 22.9 Å². The van der Waals surface area contributed by atoms with Crippen molar-refractivity contribution in [2.24, 2.45) is 11.3 Å². The van der Waals surface area contributed by atoms with E-state index < -0.39 is 12.2 Å². The largest absolute Gasteiger partial charge is 0.390 e. The van der Waals surface area contributed by atoms with Crippen molar-refractivity contribution in [3.8, 4) is 0 Å². The van der Waals surface area contributed by atoms with E-state index in [2.05, 4.69) is 23.7 Å². The van der Waals surface area contributed by atoms with Gasteiger partial charge in [0.05, 0.1) is 18.3 Å². The zero-order valence-electron chi connectivity index (χ0n) is 12.5. The first-order chi connectivity index (χ1) is 10.7. The van der Waals surface area contributed by atoms with E-state index in [0.717, 1.165) is 25.0 Å². The number of rotatable bonds is 0. The highest BCUT2D eigenvalue weighted by molar-refractivity contribution is 5.55. The summed E-state index contributed by atoms with van der Waals surface area (Å²) in [6, 6.07) is 0.203. The number of hydrogen-bond donors (Lipinski definition) is 3. The molecule has 0 aromatic rings. The smallest absolute Gasteiger partial charge is 0.106 e. The van der Waals surface area contributed by atoms with Crippen LogP contribution in [0.5, 0.6) is 0 Å². The number of aliphatic hydroxyl groups excluding tert-OH is 2. The van der Waals surface area contributed by atoms with Crippen LogP contribution in [-0.4, -0.2) is 47.2 Å². The van der Waals surface area contributed by atoms with Crippen LogP contribution in [0.1, 0.15) is 19.3 Å². The van der Waals surface area contributed by atoms with Gasteiger partial charge in [0.1, 0.15) is 6.10 Å². The summed E-state index contributed by atoms with van der Waals surface area (Å²) < 4.78 is 6.25. The number of aliphatic hydroxyl groups is 2. The van der Waals surface area contributed by atoms with Crippen molar-refractivity contribution in [2.75, 3.05) is 6.54 Å². The lowest BCUT2D eigenvalue weighted by atomic mass is 9.51. The molecule has 2 aliphatic heterocycles. The minimum Gasteiger partial charge on any atom is -0.390 e. The molecular formula is C18H21NO3. The van der Waals surface area contributed by atoms with Crippen LogP contribution in [0.25, 0.3) is 0 Å². The standard InChI is InChI=1S/C18H21NO3/c1-2-9-10-3-5-12(20)16-14(10)18-7-8-19-15(9)11(18)4-6-13(21)17(18)22-16/h4,6,11-13,15-17,19-21H,1,3,5,7-8H2/t11-,12?,13-,15-,16?,17-,18-/m0/s1. The lowest BCUT2D eigenvalue weighted by Gasteiger charge is -2.55. The summed E-state index contributed by atoms with van der Waals surface area (Å²) in [5.74, 6) is 0.257. The molecule has 4 nitrogen and oxygen atoms in total. The van der Waals surface area contributed by atoms with E-state index in [0.29, 0.717) is 6.42 Å². The summed E-state index contributed by atoms with van der Waals surface area (Å²) in [6.45, 7) is 4.81. The predicted octanol–water partition coefficient (Wildman–Crippen LogP) is 0.825. The Morgan fingerprint density at radius 1 is 1.36 bits per heavy atom. The molecular weight excluding hydrogens is 278 g/mol. The third-order valence-electron chi connectivity index (χ3n) is 6.46. The zero-order chi connectivity index (χ0) is 15.1. The third-order valence-corrected chi connectivity index (χ3v) is 6.46. The Morgan fingerprint density at radius 2 is 2.23 bits per heavy atom. The lowest BCUT2D eigenvalue weighted by Crippen LogP contribution is -2.62. The average Bonchev–Trinajstić information content (AvgIpc) is 2.86. The topological polar surface area (TPSA) is 61.7 Å². The van der Waals surface area contributed by atoms with Crippen LogP contribution in [0.2, 0.25) is 0 Å². The average molecular weight is 299 g/mol. The molecule has 2 saturated heterocycles. The Hall–Kier alpha value is -1.16. The zero-order valence-corrected chi connectivity index (χ0v) is 12.5. The van der Waals surface area contributed by atoms with Crippen molar-refractivity contribution < 1.29 is 14.9 Å². The number of ether oxygens (including phenoxy) is 1. The van der Waals surface area contributed by atoms with Crippen molar-refractivity contribution in [1.29, 1.82) is 0 Å². The maximum absolute atomic E-state index is 10.5. The van der Waals surface area contributed by atoms with E-state index in [1.807, 2.05) is 6.08 Å². The third kappa shape index (κ3) is 1.30. The first-order valence-corrected chi connectivity index (χ1v) is 8.25. The first-order valence-electron chi connectivity index (χ1n) is 8.25. The molecule has 2 fully saturated rings. The van der Waals surface area contributed by atoms with Crippen molar-refractivity contribution in [2.45, 2.75) is 49.7 Å². The van der Waals surface area contributed by atoms with Gasteiger partial charge < -0.3 is 20.3 Å². The molecule has 2 unspecified atom stereocenters. The highest BCUT2D eigenvalue weighted by Gasteiger charge is 2.66. The second kappa shape index (κ2) is 4.22. The summed E-state index contributed by atoms with van der Waals surface area (Å²) >= 11 is 0. The molecule has 0 aromatic carbocycles. The summed E-state index contributed by atoms with van der Waals surface area (Å²) in [5.41, 5.74) is 6.68. The molecule has 7 atom stereocenters. The molecule has 4 heteroatoms. The van der Waals surface area contributed by atoms with Crippen LogP contribution < -0.4 is 5.32 Å². The Morgan fingerprint density at radius 3 is 3.05 bits per heavy atom. The maximum Gasteiger partial charge on any atom is 0.106 e. The minimum absolute atomic E-state index is 0.161. The van der Waals surface area contributed by atoms with Gasteiger partial charge in [-0.2, -0.15) is 0 Å². The molecule has 1 spiro atoms. The van der Waals surface area contributed by atoms with Crippen molar-refractivity contribution >= 4 is 0 Å². The fourth-order valence-electron chi connectivity index (χ4n) is 5.72. The second-order valence-electron chi connectivity index (χ2n) is 7.19. The van der Waals surface area contributed by atoms with E-state index in [9.17, 15) is 10.2 Å². The minimum atomic E-state index is -0.587. The fourth-order valence-corrected chi connectivity index (χ4v) is 5.72. The van der Waals surface area contributed by atoms with Crippen LogP contribution in [0, 0.1) is 11.3 Å². The molecule has 0 saturated carbocycles. The molecule has 3 N–H and O–H groups in total. The van der Waals surface area contributed by atoms with E-state index in [1.54, 1.807) is 0 Å². The molecule has 2 bridgehead atoms. The van der Waals surface area contributed by atoms with Gasteiger partial charge in [-0.05, 0) is 37.0 Å². The van der Waals surface area contributed by atoms with E-state index in [-0.39, 0.29) is 29.6 Å². The van der Waals surface area contributed by atoms with Gasteiger partial charge in [-0.1, -0.05) is 18.7 Å². The van der Waals surface area contributed by atoms with Gasteiger partial charge in [0.15, 0.2) is 0 Å². The maximum atomic E-state index is 10.5. The van der Waals surface area contributed by atoms with Gasteiger partial charge in [0.25, 0.3) is 0 Å². The predicted molar refractivity (Wildman–Crippen MR) is 81.1 cm³/mol. The molecule has 5 rings (SSSR count). The van der Waals surface area contributed by atoms with Gasteiger partial charge in [0.2, 0.25) is 0 Å². The van der Waals surface area contributed by atoms with Gasteiger partial charge in [-0.25, -0.2) is 0 Å². The van der Waals surface area contributed by atoms with E-state index in [1.165, 1.54) is 11.1 Å². The Labute approximate surface area is 129 Å². The SMILES string of the molecule is C=C=C1C2=C3C(O[C@H]4[C@@H](O)C=C[C@H]5[C@H]1NCC[C@@]354)C(O)CC2. The lowest BCUT2D eigenvalue weighted by molar-refractivity contribution is -0.0998. The van der Waals surface area contributed by atoms with Gasteiger partial charge >= 0.3 is 0 Å². The molecule has 0 radical (unpaired) electrons. The molecule has 0 aromatic heterocycles. The van der Waals surface area contributed by atoms with Crippen LogP contribution >= 0.6 is 0 Å². The normalized spacial score (nSPS) is 51.6. The van der Waals surface area contributed by atoms with E-state index in [4.69, 9.17) is 4.74 Å². The van der Waals surface area contributed by atoms with Gasteiger partial charge in [-0.15, -0.1) is 5.73 Å². The second-order valence-corrected chi connectivity index (χ2v) is 7.19. The Kier molecular flexibility index (Phi) is 2.55. The summed E-state index contributed by atoms with van der Waals surface area (Å²) in [5, 5.41) is 24.6. The summed E-state index contributed by atoms with van der Waals surface area (Å²) in [6.07, 6.45) is 4.96. The monoisotopic (exact) mass is 299 g/mol. The summed E-state index contributed by atoms with van der Waals surface area (Å²) in [4.78, 5) is 0. The van der Waals surface area contributed by atoms with Crippen LogP contribution in [-0.2, 0) is 4.74 Å². The molecule has 5 aliphatic rings. The highest BCUT2D eigenvalue weighted by atomic mass is 16.5. The fraction of sp³-hybridized carbons (Fsp3) is 0.611. The van der Waals surface area contributed by atoms with Crippen LogP contribution in [0.15, 0.2) is 41.2 Å². The number of nitrogens with one attached hydrogen (secondary N) is 1. The Balaban J connectivity index is 1.84. The summed E-state index contributed by atoms with van der Waals surface area (Å²) in [7, 11) is 0. The molecule has 0 amide bonds. The van der Waals surface area contributed by atoms with Gasteiger partial charge in [-0.3, -0.25) is 0 Å². The van der Waals surface area contributed by atoms with E-state index >= 15 is 0 Å². The molecule has 3 aliphatic carbocycles. The molecule has 22 heavy (non-hydrogen) atoms. The number of hydrogen-bond acceptors (Lipinski definition) is 4. The highest BCUT2D eigenvalue weighted by Crippen LogP contribution is 2.64. The van der Waals surface area contributed by atoms with Crippen LogP contribution in [0.3, 0.4) is 0 Å². The quantitative estimate of drug-likeness (QED) is 0.458. The molecule has 2 heterocycles. The molecule has 116 valence electrons. The number of piperidine rings is 1. The Bertz CT molecular complexity index is 659. The van der Waals surface area contributed by atoms with Crippen molar-refractivity contribution in [3.05, 3.63) is 41.2 Å². The first kappa shape index (κ1) is 13.3. The van der Waals surface area contributed by atoms with Crippen molar-refractivity contribution in [3.63, 3.8) is 0 Å².